The molecule has 156 valence electrons. The van der Waals surface area contributed by atoms with E-state index in [4.69, 9.17) is 17.3 Å². The fourth-order valence-corrected chi connectivity index (χ4v) is 4.55. The minimum absolute atomic E-state index is 0.245. The summed E-state index contributed by atoms with van der Waals surface area (Å²) in [6.07, 6.45) is 5.39. The second kappa shape index (κ2) is 9.49. The molecule has 5 nitrogen and oxygen atoms in total. The molecule has 2 amide bonds. The van der Waals surface area contributed by atoms with Gasteiger partial charge in [0.15, 0.2) is 0 Å². The third kappa shape index (κ3) is 4.50. The van der Waals surface area contributed by atoms with Gasteiger partial charge in [-0.2, -0.15) is 0 Å². The van der Waals surface area contributed by atoms with E-state index in [9.17, 15) is 9.59 Å². The number of nitrogens with zero attached hydrogens (tertiary/aromatic N) is 2. The number of hydrogen-bond donors (Lipinski definition) is 1. The Hall–Kier alpha value is -2.27. The zero-order chi connectivity index (χ0) is 21.0. The maximum absolute atomic E-state index is 12.4. The average Bonchev–Trinajstić information content (AvgIpc) is 3.21. The van der Waals surface area contributed by atoms with Gasteiger partial charge in [0.05, 0.1) is 5.56 Å². The molecule has 0 saturated carbocycles. The Morgan fingerprint density at radius 2 is 1.97 bits per heavy atom. The summed E-state index contributed by atoms with van der Waals surface area (Å²) in [5, 5.41) is 0.618. The number of carbonyl (C=O) groups is 2. The van der Waals surface area contributed by atoms with Gasteiger partial charge in [-0.25, -0.2) is 0 Å². The van der Waals surface area contributed by atoms with Crippen LogP contribution >= 0.6 is 11.6 Å². The molecule has 1 aliphatic heterocycles. The summed E-state index contributed by atoms with van der Waals surface area (Å²) < 4.78 is 2.22. The van der Waals surface area contributed by atoms with E-state index < -0.39 is 5.91 Å². The molecular weight excluding hydrogens is 386 g/mol. The normalized spacial score (nSPS) is 14.0. The van der Waals surface area contributed by atoms with E-state index in [1.54, 1.807) is 0 Å². The van der Waals surface area contributed by atoms with Gasteiger partial charge in [-0.1, -0.05) is 43.1 Å². The molecule has 2 aromatic rings. The first kappa shape index (κ1) is 21.4. The number of carbonyl (C=O) groups excluding carboxylic acids is 2. The standard InChI is InChI=1S/C23H30ClN3O2/c1-3-4-11-19-22(17-9-5-6-10-18(17)24)21(23(25)29)16(2)27(19)15-8-14-26-13-7-12-20(26)28/h5-6,9-10H,3-4,7-8,11-15H2,1-2H3,(H2,25,29). The Kier molecular flexibility index (Phi) is 7.01. The topological polar surface area (TPSA) is 68.3 Å². The van der Waals surface area contributed by atoms with Crippen molar-refractivity contribution in [3.8, 4) is 11.1 Å². The van der Waals surface area contributed by atoms with E-state index in [1.807, 2.05) is 36.1 Å². The van der Waals surface area contributed by atoms with E-state index >= 15 is 0 Å². The molecule has 1 saturated heterocycles. The fraction of sp³-hybridized carbons (Fsp3) is 0.478. The van der Waals surface area contributed by atoms with Crippen molar-refractivity contribution >= 4 is 23.4 Å². The smallest absolute Gasteiger partial charge is 0.251 e. The van der Waals surface area contributed by atoms with E-state index in [1.165, 1.54) is 0 Å². The van der Waals surface area contributed by atoms with Gasteiger partial charge in [0.2, 0.25) is 5.91 Å². The van der Waals surface area contributed by atoms with Crippen LogP contribution < -0.4 is 5.73 Å². The maximum Gasteiger partial charge on any atom is 0.251 e. The zero-order valence-corrected chi connectivity index (χ0v) is 18.1. The van der Waals surface area contributed by atoms with Crippen molar-refractivity contribution in [2.24, 2.45) is 5.73 Å². The number of likely N-dealkylation sites (tertiary alicyclic amines) is 1. The minimum atomic E-state index is -0.427. The Morgan fingerprint density at radius 1 is 1.21 bits per heavy atom. The van der Waals surface area contributed by atoms with E-state index in [0.717, 1.165) is 74.3 Å². The largest absolute Gasteiger partial charge is 0.366 e. The highest BCUT2D eigenvalue weighted by molar-refractivity contribution is 6.33. The molecule has 0 spiro atoms. The van der Waals surface area contributed by atoms with Gasteiger partial charge in [-0.05, 0) is 38.7 Å². The van der Waals surface area contributed by atoms with Crippen LogP contribution in [0.3, 0.4) is 0 Å². The van der Waals surface area contributed by atoms with Gasteiger partial charge in [-0.15, -0.1) is 0 Å². The van der Waals surface area contributed by atoms with Crippen LogP contribution in [0.2, 0.25) is 5.02 Å². The SMILES string of the molecule is CCCCc1c(-c2ccccc2Cl)c(C(N)=O)c(C)n1CCCN1CCCC1=O. The van der Waals surface area contributed by atoms with E-state index in [-0.39, 0.29) is 5.91 Å². The highest BCUT2D eigenvalue weighted by atomic mass is 35.5. The molecule has 0 atom stereocenters. The molecule has 3 rings (SSSR count). The Balaban J connectivity index is 2.00. The van der Waals surface area contributed by atoms with Crippen LogP contribution in [0.5, 0.6) is 0 Å². The van der Waals surface area contributed by atoms with Gasteiger partial charge in [-0.3, -0.25) is 9.59 Å². The molecule has 29 heavy (non-hydrogen) atoms. The maximum atomic E-state index is 12.4. The van der Waals surface area contributed by atoms with Gasteiger partial charge in [0.1, 0.15) is 0 Å². The van der Waals surface area contributed by atoms with Crippen LogP contribution in [0.4, 0.5) is 0 Å². The van der Waals surface area contributed by atoms with Crippen molar-refractivity contribution in [1.82, 2.24) is 9.47 Å². The predicted octanol–water partition coefficient (Wildman–Crippen LogP) is 4.57. The summed E-state index contributed by atoms with van der Waals surface area (Å²) in [6.45, 7) is 6.46. The highest BCUT2D eigenvalue weighted by Crippen LogP contribution is 2.37. The van der Waals surface area contributed by atoms with Gasteiger partial charge in [0, 0.05) is 53.6 Å². The molecule has 2 N–H and O–H groups in total. The van der Waals surface area contributed by atoms with Crippen LogP contribution in [0, 0.1) is 6.92 Å². The lowest BCUT2D eigenvalue weighted by atomic mass is 9.97. The third-order valence-electron chi connectivity index (χ3n) is 5.77. The number of primary amides is 1. The van der Waals surface area contributed by atoms with E-state index in [2.05, 4.69) is 11.5 Å². The molecule has 1 fully saturated rings. The average molecular weight is 416 g/mol. The Labute approximate surface area is 177 Å². The quantitative estimate of drug-likeness (QED) is 0.651. The van der Waals surface area contributed by atoms with Gasteiger partial charge >= 0.3 is 0 Å². The molecule has 0 bridgehead atoms. The summed E-state index contributed by atoms with van der Waals surface area (Å²) in [5.41, 5.74) is 10.1. The first-order valence-electron chi connectivity index (χ1n) is 10.5. The molecule has 0 radical (unpaired) electrons. The van der Waals surface area contributed by atoms with Crippen LogP contribution in [-0.2, 0) is 17.8 Å². The van der Waals surface area contributed by atoms with E-state index in [0.29, 0.717) is 17.0 Å². The summed E-state index contributed by atoms with van der Waals surface area (Å²) >= 11 is 6.50. The first-order valence-corrected chi connectivity index (χ1v) is 10.9. The summed E-state index contributed by atoms with van der Waals surface area (Å²) in [7, 11) is 0. The lowest BCUT2D eigenvalue weighted by Gasteiger charge is -2.18. The summed E-state index contributed by atoms with van der Waals surface area (Å²) in [5.74, 6) is -0.182. The molecule has 0 aliphatic carbocycles. The van der Waals surface area contributed by atoms with Crippen LogP contribution in [0.15, 0.2) is 24.3 Å². The Morgan fingerprint density at radius 3 is 2.59 bits per heavy atom. The molecule has 0 unspecified atom stereocenters. The molecule has 2 heterocycles. The molecule has 1 aromatic carbocycles. The number of unbranched alkanes of at least 4 members (excludes halogenated alkanes) is 1. The van der Waals surface area contributed by atoms with Crippen molar-refractivity contribution in [2.45, 2.75) is 58.9 Å². The van der Waals surface area contributed by atoms with Crippen molar-refractivity contribution in [3.63, 3.8) is 0 Å². The summed E-state index contributed by atoms with van der Waals surface area (Å²) in [4.78, 5) is 26.2. The highest BCUT2D eigenvalue weighted by Gasteiger charge is 2.26. The number of halogens is 1. The van der Waals surface area contributed by atoms with Gasteiger partial charge in [0.25, 0.3) is 5.91 Å². The summed E-state index contributed by atoms with van der Waals surface area (Å²) in [6, 6.07) is 7.61. The number of benzene rings is 1. The second-order valence-corrected chi connectivity index (χ2v) is 8.13. The van der Waals surface area contributed by atoms with Crippen LogP contribution in [-0.4, -0.2) is 34.4 Å². The lowest BCUT2D eigenvalue weighted by Crippen LogP contribution is -2.26. The lowest BCUT2D eigenvalue weighted by molar-refractivity contribution is -0.127. The monoisotopic (exact) mass is 415 g/mol. The molecule has 1 aliphatic rings. The molecular formula is C23H30ClN3O2. The number of aromatic nitrogens is 1. The van der Waals surface area contributed by atoms with Crippen LogP contribution in [0.25, 0.3) is 11.1 Å². The minimum Gasteiger partial charge on any atom is -0.366 e. The molecule has 6 heteroatoms. The third-order valence-corrected chi connectivity index (χ3v) is 6.10. The van der Waals surface area contributed by atoms with Crippen molar-refractivity contribution in [1.29, 1.82) is 0 Å². The predicted molar refractivity (Wildman–Crippen MR) is 117 cm³/mol. The zero-order valence-electron chi connectivity index (χ0n) is 17.3. The molecule has 1 aromatic heterocycles. The Bertz CT molecular complexity index is 904. The van der Waals surface area contributed by atoms with Gasteiger partial charge < -0.3 is 15.2 Å². The number of rotatable bonds is 9. The number of nitrogens with two attached hydrogens (primary N) is 1. The van der Waals surface area contributed by atoms with Crippen molar-refractivity contribution in [2.75, 3.05) is 13.1 Å². The number of amides is 2. The van der Waals surface area contributed by atoms with Crippen molar-refractivity contribution < 1.29 is 9.59 Å². The first-order chi connectivity index (χ1) is 14.0. The number of hydrogen-bond acceptors (Lipinski definition) is 2. The fourth-order valence-electron chi connectivity index (χ4n) is 4.32. The van der Waals surface area contributed by atoms with Crippen molar-refractivity contribution in [3.05, 3.63) is 46.2 Å². The second-order valence-electron chi connectivity index (χ2n) is 7.72. The van der Waals surface area contributed by atoms with Crippen LogP contribution in [0.1, 0.15) is 60.8 Å².